The second-order valence-electron chi connectivity index (χ2n) is 14.7. The van der Waals surface area contributed by atoms with Crippen molar-refractivity contribution in [2.24, 2.45) is 0 Å². The molecule has 11 aromatic rings. The molecular weight excluding hydrogens is 916 g/mol. The van der Waals surface area contributed by atoms with Gasteiger partial charge in [-0.1, -0.05) is 162 Å². The number of imidazole rings is 1. The zero-order valence-corrected chi connectivity index (χ0v) is 34.5. The van der Waals surface area contributed by atoms with Crippen LogP contribution in [-0.4, -0.2) is 24.2 Å². The number of hydrogen-bond acceptors (Lipinski definition) is 3. The zero-order chi connectivity index (χ0) is 39.3. The molecule has 288 valence electrons. The first-order valence-corrected chi connectivity index (χ1v) is 19.7. The van der Waals surface area contributed by atoms with Gasteiger partial charge in [0.15, 0.2) is 0 Å². The maximum absolute atomic E-state index is 11.2. The van der Waals surface area contributed by atoms with Crippen molar-refractivity contribution in [2.75, 3.05) is 0 Å². The van der Waals surface area contributed by atoms with Gasteiger partial charge in [0.05, 0.1) is 16.6 Å². The van der Waals surface area contributed by atoms with E-state index in [1.54, 1.807) is 6.07 Å². The van der Waals surface area contributed by atoms with Crippen LogP contribution in [0.2, 0.25) is 0 Å². The van der Waals surface area contributed by atoms with E-state index in [2.05, 4.69) is 161 Å². The van der Waals surface area contributed by atoms with Gasteiger partial charge in [0.25, 0.3) is 0 Å². The summed E-state index contributed by atoms with van der Waals surface area (Å²) in [6, 6.07) is 72.6. The van der Waals surface area contributed by atoms with Crippen molar-refractivity contribution in [1.29, 1.82) is 0 Å². The van der Waals surface area contributed by atoms with Crippen molar-refractivity contribution in [1.82, 2.24) is 19.1 Å². The van der Waals surface area contributed by atoms with E-state index >= 15 is 0 Å². The smallest absolute Gasteiger partial charge is 0.148 e. The zero-order valence-electron chi connectivity index (χ0n) is 32.2. The van der Waals surface area contributed by atoms with Crippen molar-refractivity contribution in [2.45, 2.75) is 0 Å². The van der Waals surface area contributed by atoms with E-state index in [4.69, 9.17) is 9.97 Å². The Hall–Kier alpha value is -7.33. The molecule has 0 aliphatic carbocycles. The van der Waals surface area contributed by atoms with E-state index in [0.717, 1.165) is 77.7 Å². The van der Waals surface area contributed by atoms with Crippen LogP contribution in [0.5, 0.6) is 5.75 Å². The minimum absolute atomic E-state index is 0. The summed E-state index contributed by atoms with van der Waals surface area (Å²) in [5.74, 6) is 0.822. The minimum Gasteiger partial charge on any atom is -0.507 e. The number of fused-ring (bicyclic) bond motifs is 4. The molecule has 6 heteroatoms. The number of nitrogens with zero attached hydrogens (tertiary/aromatic N) is 4. The quantitative estimate of drug-likeness (QED) is 0.162. The molecule has 0 saturated heterocycles. The second-order valence-corrected chi connectivity index (χ2v) is 14.7. The van der Waals surface area contributed by atoms with Gasteiger partial charge in [-0.3, -0.25) is 9.55 Å². The molecule has 5 nitrogen and oxygen atoms in total. The van der Waals surface area contributed by atoms with Gasteiger partial charge < -0.3 is 9.67 Å². The third-order valence-corrected chi connectivity index (χ3v) is 11.2. The average Bonchev–Trinajstić information content (AvgIpc) is 3.86. The van der Waals surface area contributed by atoms with Gasteiger partial charge in [0.2, 0.25) is 0 Å². The molecule has 0 atom stereocenters. The molecule has 3 aromatic heterocycles. The Morgan fingerprint density at radius 1 is 0.467 bits per heavy atom. The summed E-state index contributed by atoms with van der Waals surface area (Å²) in [6.45, 7) is 0. The maximum atomic E-state index is 11.2. The largest absolute Gasteiger partial charge is 0.507 e. The molecule has 0 aliphatic heterocycles. The Morgan fingerprint density at radius 3 is 1.78 bits per heavy atom. The Kier molecular flexibility index (Phi) is 9.52. The number of pyridine rings is 1. The number of para-hydroxylation sites is 5. The molecule has 0 spiro atoms. The van der Waals surface area contributed by atoms with Crippen molar-refractivity contribution < 1.29 is 26.2 Å². The van der Waals surface area contributed by atoms with Crippen LogP contribution in [0.15, 0.2) is 206 Å². The van der Waals surface area contributed by atoms with Crippen molar-refractivity contribution >= 4 is 32.8 Å². The molecule has 1 N–H and O–H groups in total. The third kappa shape index (κ3) is 6.32. The molecule has 60 heavy (non-hydrogen) atoms. The predicted molar refractivity (Wildman–Crippen MR) is 241 cm³/mol. The van der Waals surface area contributed by atoms with Crippen molar-refractivity contribution in [3.63, 3.8) is 0 Å². The van der Waals surface area contributed by atoms with E-state index < -0.39 is 0 Å². The summed E-state index contributed by atoms with van der Waals surface area (Å²) >= 11 is 0. The van der Waals surface area contributed by atoms with Crippen LogP contribution in [-0.2, 0) is 21.1 Å². The van der Waals surface area contributed by atoms with E-state index in [9.17, 15) is 5.11 Å². The maximum Gasteiger partial charge on any atom is 0.148 e. The normalized spacial score (nSPS) is 11.3. The molecular formula is C54H35N4OPt-. The monoisotopic (exact) mass is 950 g/mol. The summed E-state index contributed by atoms with van der Waals surface area (Å²) in [6.07, 6.45) is 1.89. The standard InChI is InChI=1S/C54H35N4O.Pt/c59-51-26-13-11-22-45(51)54-56-52-44(23-14-25-50(52)58(54)42-19-8-3-9-20-42)47-34-40(33-46-43-21-10-12-24-49(43)57(53(46)47)41-17-6-2-7-18-41)48-35-39(31-32-55-48)38-29-27-37(28-30-38)36-15-4-1-5-16-36;/h1-33,35,59H;/q-1;. The Balaban J connectivity index is 0.00000433. The fraction of sp³-hybridized carbons (Fsp3) is 0. The first kappa shape index (κ1) is 37.0. The van der Waals surface area contributed by atoms with Crippen LogP contribution in [0.3, 0.4) is 0 Å². The van der Waals surface area contributed by atoms with Gasteiger partial charge in [0, 0.05) is 49.8 Å². The van der Waals surface area contributed by atoms with Gasteiger partial charge in [0.1, 0.15) is 11.6 Å². The molecule has 8 aromatic carbocycles. The number of phenols is 1. The van der Waals surface area contributed by atoms with Gasteiger partial charge in [-0.15, -0.1) is 12.1 Å². The van der Waals surface area contributed by atoms with E-state index in [0.29, 0.717) is 11.4 Å². The fourth-order valence-corrected chi connectivity index (χ4v) is 8.44. The predicted octanol–water partition coefficient (Wildman–Crippen LogP) is 13.4. The summed E-state index contributed by atoms with van der Waals surface area (Å²) in [5.41, 5.74) is 14.6. The van der Waals surface area contributed by atoms with Crippen molar-refractivity contribution in [3.05, 3.63) is 212 Å². The van der Waals surface area contributed by atoms with Gasteiger partial charge in [-0.2, -0.15) is 0 Å². The van der Waals surface area contributed by atoms with E-state index in [-0.39, 0.29) is 26.8 Å². The summed E-state index contributed by atoms with van der Waals surface area (Å²) < 4.78 is 4.48. The number of aromatic hydroxyl groups is 1. The van der Waals surface area contributed by atoms with Crippen molar-refractivity contribution in [3.8, 4) is 73.2 Å². The number of hydrogen-bond donors (Lipinski definition) is 1. The SMILES string of the molecule is Oc1ccccc1-c1nc2c(-c3[c-]c(-c4cc(-c5ccc(-c6ccccc6)cc5)ccn4)cc4c5ccccc5n(-c5ccccc5)c34)cccc2n1-c1ccccc1.[Pt]. The molecule has 3 heterocycles. The van der Waals surface area contributed by atoms with Crippen LogP contribution >= 0.6 is 0 Å². The van der Waals surface area contributed by atoms with Crippen LogP contribution in [0.25, 0.3) is 100 Å². The summed E-state index contributed by atoms with van der Waals surface area (Å²) in [5, 5.41) is 13.4. The first-order valence-electron chi connectivity index (χ1n) is 19.7. The van der Waals surface area contributed by atoms with Gasteiger partial charge >= 0.3 is 0 Å². The van der Waals surface area contributed by atoms with Crippen LogP contribution in [0.4, 0.5) is 0 Å². The molecule has 0 amide bonds. The topological polar surface area (TPSA) is 55.9 Å². The Labute approximate surface area is 361 Å². The number of aromatic nitrogens is 4. The Bertz CT molecular complexity index is 3320. The Morgan fingerprint density at radius 2 is 1.05 bits per heavy atom. The van der Waals surface area contributed by atoms with Crippen LogP contribution < -0.4 is 0 Å². The van der Waals surface area contributed by atoms with Gasteiger partial charge in [-0.25, -0.2) is 4.98 Å². The van der Waals surface area contributed by atoms with Crippen LogP contribution in [0.1, 0.15) is 0 Å². The number of phenolic OH excluding ortho intramolecular Hbond substituents is 1. The molecule has 0 radical (unpaired) electrons. The fourth-order valence-electron chi connectivity index (χ4n) is 8.44. The molecule has 0 bridgehead atoms. The number of benzene rings is 8. The molecule has 0 aliphatic rings. The van der Waals surface area contributed by atoms with E-state index in [1.807, 2.05) is 54.7 Å². The first-order chi connectivity index (χ1) is 29.2. The molecule has 11 rings (SSSR count). The average molecular weight is 951 g/mol. The third-order valence-electron chi connectivity index (χ3n) is 11.2. The summed E-state index contributed by atoms with van der Waals surface area (Å²) in [4.78, 5) is 10.4. The molecule has 0 fully saturated rings. The van der Waals surface area contributed by atoms with Crippen LogP contribution in [0, 0.1) is 6.07 Å². The number of rotatable bonds is 7. The van der Waals surface area contributed by atoms with E-state index in [1.165, 1.54) is 11.1 Å². The van der Waals surface area contributed by atoms with Gasteiger partial charge in [-0.05, 0) is 87.8 Å². The summed E-state index contributed by atoms with van der Waals surface area (Å²) in [7, 11) is 0. The molecule has 0 unspecified atom stereocenters. The second kappa shape index (κ2) is 15.4. The minimum atomic E-state index is 0. The molecule has 0 saturated carbocycles.